The van der Waals surface area contributed by atoms with Gasteiger partial charge in [-0.3, -0.25) is 4.79 Å². The Kier molecular flexibility index (Phi) is 3.58. The van der Waals surface area contributed by atoms with Crippen LogP contribution in [-0.4, -0.2) is 31.5 Å². The third kappa shape index (κ3) is 2.48. The van der Waals surface area contributed by atoms with Gasteiger partial charge in [0, 0.05) is 5.92 Å². The topological polar surface area (TPSA) is 35.5 Å². The largest absolute Gasteiger partial charge is 0.469 e. The highest BCUT2D eigenvalue weighted by molar-refractivity contribution is 5.73. The monoisotopic (exact) mass is 266 g/mol. The summed E-state index contributed by atoms with van der Waals surface area (Å²) < 4.78 is 48.6. The van der Waals surface area contributed by atoms with Crippen molar-refractivity contribution in [2.75, 3.05) is 7.11 Å². The first-order valence-electron chi connectivity index (χ1n) is 6.13. The molecule has 2 aliphatic rings. The zero-order valence-electron chi connectivity index (χ0n) is 10.4. The minimum atomic E-state index is -4.27. The van der Waals surface area contributed by atoms with Gasteiger partial charge in [-0.25, -0.2) is 0 Å². The Morgan fingerprint density at radius 1 is 1.28 bits per heavy atom. The lowest BCUT2D eigenvalue weighted by Crippen LogP contribution is -2.42. The summed E-state index contributed by atoms with van der Waals surface area (Å²) in [6.07, 6.45) is -4.40. The van der Waals surface area contributed by atoms with Gasteiger partial charge in [0.1, 0.15) is 0 Å². The van der Waals surface area contributed by atoms with E-state index in [-0.39, 0.29) is 24.9 Å². The fraction of sp³-hybridized carbons (Fsp3) is 0.917. The number of hydrogen-bond acceptors (Lipinski definition) is 3. The molecule has 2 fully saturated rings. The minimum Gasteiger partial charge on any atom is -0.469 e. The van der Waals surface area contributed by atoms with Gasteiger partial charge in [-0.1, -0.05) is 0 Å². The molecular formula is C12H17F3O3. The van der Waals surface area contributed by atoms with E-state index in [2.05, 4.69) is 4.74 Å². The van der Waals surface area contributed by atoms with Gasteiger partial charge in [-0.2, -0.15) is 13.2 Å². The van der Waals surface area contributed by atoms with E-state index in [1.54, 1.807) is 0 Å². The summed E-state index contributed by atoms with van der Waals surface area (Å²) in [5.41, 5.74) is 0. The Hall–Kier alpha value is -0.780. The molecule has 0 amide bonds. The fourth-order valence-corrected chi connectivity index (χ4v) is 3.19. The molecule has 1 aliphatic carbocycles. The van der Waals surface area contributed by atoms with Gasteiger partial charge in [0.25, 0.3) is 0 Å². The second-order valence-corrected chi connectivity index (χ2v) is 5.22. The molecule has 0 aromatic rings. The molecule has 1 saturated heterocycles. The zero-order chi connectivity index (χ0) is 13.5. The molecule has 0 radical (unpaired) electrons. The van der Waals surface area contributed by atoms with Crippen LogP contribution in [0.5, 0.6) is 0 Å². The molecule has 0 aromatic carbocycles. The van der Waals surface area contributed by atoms with Crippen LogP contribution in [0.15, 0.2) is 0 Å². The van der Waals surface area contributed by atoms with Crippen molar-refractivity contribution in [3.05, 3.63) is 0 Å². The molecule has 6 heteroatoms. The third-order valence-corrected chi connectivity index (χ3v) is 4.03. The first kappa shape index (κ1) is 13.6. The highest BCUT2D eigenvalue weighted by Crippen LogP contribution is 2.48. The van der Waals surface area contributed by atoms with E-state index in [9.17, 15) is 18.0 Å². The number of ether oxygens (including phenoxy) is 2. The second kappa shape index (κ2) is 4.72. The van der Waals surface area contributed by atoms with Crippen LogP contribution in [0.25, 0.3) is 0 Å². The third-order valence-electron chi connectivity index (χ3n) is 4.03. The summed E-state index contributed by atoms with van der Waals surface area (Å²) in [5, 5.41) is 0. The smallest absolute Gasteiger partial charge is 0.391 e. The van der Waals surface area contributed by atoms with E-state index in [0.29, 0.717) is 6.42 Å². The number of esters is 1. The summed E-state index contributed by atoms with van der Waals surface area (Å²) in [5.74, 6) is -2.83. The molecular weight excluding hydrogens is 249 g/mol. The number of alkyl halides is 3. The molecule has 104 valence electrons. The van der Waals surface area contributed by atoms with Crippen LogP contribution < -0.4 is 0 Å². The maximum atomic E-state index is 12.8. The van der Waals surface area contributed by atoms with Crippen molar-refractivity contribution in [1.82, 2.24) is 0 Å². The van der Waals surface area contributed by atoms with Crippen LogP contribution in [0.3, 0.4) is 0 Å². The maximum absolute atomic E-state index is 12.8. The molecule has 1 saturated carbocycles. The normalized spacial score (nSPS) is 40.4. The highest BCUT2D eigenvalue weighted by atomic mass is 19.4. The molecule has 0 spiro atoms. The van der Waals surface area contributed by atoms with E-state index in [0.717, 1.165) is 0 Å². The fourth-order valence-electron chi connectivity index (χ4n) is 3.19. The first-order chi connectivity index (χ1) is 8.32. The van der Waals surface area contributed by atoms with Crippen LogP contribution in [0.4, 0.5) is 13.2 Å². The van der Waals surface area contributed by atoms with Crippen LogP contribution in [0, 0.1) is 17.8 Å². The summed E-state index contributed by atoms with van der Waals surface area (Å²) in [6, 6.07) is 0. The highest BCUT2D eigenvalue weighted by Gasteiger charge is 2.53. The molecule has 0 aromatic heterocycles. The first-order valence-corrected chi connectivity index (χ1v) is 6.13. The molecule has 1 aliphatic heterocycles. The summed E-state index contributed by atoms with van der Waals surface area (Å²) in [4.78, 5) is 11.6. The molecule has 2 rings (SSSR count). The minimum absolute atomic E-state index is 0.0357. The van der Waals surface area contributed by atoms with E-state index in [4.69, 9.17) is 4.74 Å². The van der Waals surface area contributed by atoms with Gasteiger partial charge in [0.05, 0.1) is 31.2 Å². The summed E-state index contributed by atoms with van der Waals surface area (Å²) in [7, 11) is 1.22. The maximum Gasteiger partial charge on any atom is 0.391 e. The average Bonchev–Trinajstić information content (AvgIpc) is 2.65. The van der Waals surface area contributed by atoms with Gasteiger partial charge in [-0.05, 0) is 26.2 Å². The van der Waals surface area contributed by atoms with Crippen LogP contribution in [-0.2, 0) is 14.3 Å². The second-order valence-electron chi connectivity index (χ2n) is 5.22. The van der Waals surface area contributed by atoms with Gasteiger partial charge in [-0.15, -0.1) is 0 Å². The van der Waals surface area contributed by atoms with Crippen LogP contribution >= 0.6 is 0 Å². The van der Waals surface area contributed by atoms with Crippen LogP contribution in [0.1, 0.15) is 26.2 Å². The zero-order valence-corrected chi connectivity index (χ0v) is 10.4. The Morgan fingerprint density at radius 2 is 1.94 bits per heavy atom. The van der Waals surface area contributed by atoms with E-state index >= 15 is 0 Å². The molecule has 18 heavy (non-hydrogen) atoms. The Bertz CT molecular complexity index is 329. The van der Waals surface area contributed by atoms with Crippen molar-refractivity contribution in [2.45, 2.75) is 44.6 Å². The molecule has 1 heterocycles. The standard InChI is InChI=1S/C12H17F3O3/c1-6-3-8-9(11(16)17-2)4-7(12(13,14)15)5-10(8)18-6/h6-10H,3-5H2,1-2H3/t6-,7+,8+,9+,10-/m0/s1. The molecule has 0 unspecified atom stereocenters. The predicted octanol–water partition coefficient (Wildman–Crippen LogP) is 2.54. The van der Waals surface area contributed by atoms with Crippen molar-refractivity contribution >= 4 is 5.97 Å². The SMILES string of the molecule is COC(=O)[C@@H]1C[C@@H](C(F)(F)F)C[C@@H]2O[C@@H](C)C[C@@H]21. The van der Waals surface area contributed by atoms with Crippen molar-refractivity contribution in [1.29, 1.82) is 0 Å². The van der Waals surface area contributed by atoms with Gasteiger partial charge in [0.15, 0.2) is 0 Å². The molecule has 5 atom stereocenters. The van der Waals surface area contributed by atoms with E-state index < -0.39 is 30.1 Å². The Labute approximate surface area is 104 Å². The number of methoxy groups -OCH3 is 1. The quantitative estimate of drug-likeness (QED) is 0.684. The van der Waals surface area contributed by atoms with E-state index in [1.807, 2.05) is 6.92 Å². The summed E-state index contributed by atoms with van der Waals surface area (Å²) in [6.45, 7) is 1.83. The van der Waals surface area contributed by atoms with Crippen molar-refractivity contribution in [2.24, 2.45) is 17.8 Å². The lowest BCUT2D eigenvalue weighted by Gasteiger charge is -2.36. The Morgan fingerprint density at radius 3 is 2.50 bits per heavy atom. The van der Waals surface area contributed by atoms with Crippen molar-refractivity contribution in [3.63, 3.8) is 0 Å². The number of carbonyl (C=O) groups excluding carboxylic acids is 1. The molecule has 0 bridgehead atoms. The number of halogens is 3. The average molecular weight is 266 g/mol. The number of carbonyl (C=O) groups is 1. The lowest BCUT2D eigenvalue weighted by atomic mass is 9.71. The van der Waals surface area contributed by atoms with Crippen molar-refractivity contribution in [3.8, 4) is 0 Å². The molecule has 3 nitrogen and oxygen atoms in total. The van der Waals surface area contributed by atoms with E-state index in [1.165, 1.54) is 7.11 Å². The van der Waals surface area contributed by atoms with Gasteiger partial charge < -0.3 is 9.47 Å². The Balaban J connectivity index is 2.18. The lowest BCUT2D eigenvalue weighted by molar-refractivity contribution is -0.202. The number of rotatable bonds is 1. The molecule has 0 N–H and O–H groups in total. The number of fused-ring (bicyclic) bond motifs is 1. The predicted molar refractivity (Wildman–Crippen MR) is 56.7 cm³/mol. The van der Waals surface area contributed by atoms with Crippen LogP contribution in [0.2, 0.25) is 0 Å². The van der Waals surface area contributed by atoms with Gasteiger partial charge >= 0.3 is 12.1 Å². The van der Waals surface area contributed by atoms with Crippen molar-refractivity contribution < 1.29 is 27.4 Å². The van der Waals surface area contributed by atoms with Gasteiger partial charge in [0.2, 0.25) is 0 Å². The summed E-state index contributed by atoms with van der Waals surface area (Å²) >= 11 is 0. The number of hydrogen-bond donors (Lipinski definition) is 0.